The summed E-state index contributed by atoms with van der Waals surface area (Å²) in [5, 5.41) is 0. The predicted molar refractivity (Wildman–Crippen MR) is 43.2 cm³/mol. The average Bonchev–Trinajstić information content (AvgIpc) is 2.00. The number of carbonyl (C=O) groups is 1. The van der Waals surface area contributed by atoms with Crippen molar-refractivity contribution in [2.75, 3.05) is 12.9 Å². The smallest absolute Gasteiger partial charge is 0.222 e. The number of hydrogen-bond acceptors (Lipinski definition) is 1. The molecule has 0 aromatic carbocycles. The van der Waals surface area contributed by atoms with E-state index in [9.17, 15) is 4.79 Å². The average molecular weight is 164 g/mol. The highest BCUT2D eigenvalue weighted by molar-refractivity contribution is 6.18. The lowest BCUT2D eigenvalue weighted by atomic mass is 10.3. The zero-order valence-electron chi connectivity index (χ0n) is 6.72. The normalized spacial score (nSPS) is 12.8. The van der Waals surface area contributed by atoms with Crippen LogP contribution in [-0.2, 0) is 4.79 Å². The van der Waals surface area contributed by atoms with Gasteiger partial charge in [-0.2, -0.15) is 0 Å². The molecule has 0 spiro atoms. The van der Waals surface area contributed by atoms with Crippen LogP contribution in [0.4, 0.5) is 0 Å². The molecule has 0 rings (SSSR count). The van der Waals surface area contributed by atoms with Crippen LogP contribution in [0.25, 0.3) is 0 Å². The van der Waals surface area contributed by atoms with E-state index in [1.165, 1.54) is 0 Å². The quantitative estimate of drug-likeness (QED) is 0.578. The minimum absolute atomic E-state index is 0.146. The van der Waals surface area contributed by atoms with E-state index in [1.54, 1.807) is 11.9 Å². The summed E-state index contributed by atoms with van der Waals surface area (Å²) in [6, 6.07) is 0.147. The second kappa shape index (κ2) is 4.56. The number of carbonyl (C=O) groups excluding carboxylic acids is 1. The zero-order valence-corrected chi connectivity index (χ0v) is 7.48. The molecule has 0 radical (unpaired) electrons. The van der Waals surface area contributed by atoms with E-state index in [2.05, 4.69) is 0 Å². The van der Waals surface area contributed by atoms with Gasteiger partial charge in [0.05, 0.1) is 0 Å². The molecule has 3 heteroatoms. The van der Waals surface area contributed by atoms with Crippen LogP contribution in [0.2, 0.25) is 0 Å². The largest absolute Gasteiger partial charge is 0.342 e. The Kier molecular flexibility index (Phi) is 4.45. The van der Waals surface area contributed by atoms with Gasteiger partial charge in [0.15, 0.2) is 0 Å². The molecule has 0 aliphatic rings. The van der Waals surface area contributed by atoms with Gasteiger partial charge in [-0.05, 0) is 6.92 Å². The summed E-state index contributed by atoms with van der Waals surface area (Å²) in [7, 11) is 1.78. The first-order valence-electron chi connectivity index (χ1n) is 3.45. The second-order valence-corrected chi connectivity index (χ2v) is 2.67. The Morgan fingerprint density at radius 3 is 2.50 bits per heavy atom. The van der Waals surface area contributed by atoms with Gasteiger partial charge in [-0.15, -0.1) is 11.6 Å². The Bertz CT molecular complexity index is 116. The van der Waals surface area contributed by atoms with Crippen molar-refractivity contribution in [2.24, 2.45) is 0 Å². The van der Waals surface area contributed by atoms with Crippen LogP contribution in [-0.4, -0.2) is 29.8 Å². The third kappa shape index (κ3) is 2.56. The van der Waals surface area contributed by atoms with Gasteiger partial charge in [0.2, 0.25) is 5.91 Å². The highest BCUT2D eigenvalue weighted by Crippen LogP contribution is 1.99. The number of halogens is 1. The molecule has 2 nitrogen and oxygen atoms in total. The molecule has 0 aromatic heterocycles. The lowest BCUT2D eigenvalue weighted by Crippen LogP contribution is -2.35. The summed E-state index contributed by atoms with van der Waals surface area (Å²) in [4.78, 5) is 12.7. The van der Waals surface area contributed by atoms with Crippen molar-refractivity contribution in [3.05, 3.63) is 0 Å². The zero-order chi connectivity index (χ0) is 8.15. The van der Waals surface area contributed by atoms with Crippen LogP contribution < -0.4 is 0 Å². The lowest BCUT2D eigenvalue weighted by Gasteiger charge is -2.22. The standard InChI is InChI=1S/C7H14ClNO/c1-4-7(10)9(3)6(2)5-8/h6H,4-5H2,1-3H3. The molecule has 1 atom stereocenters. The van der Waals surface area contributed by atoms with Crippen LogP contribution in [0, 0.1) is 0 Å². The molecule has 1 unspecified atom stereocenters. The third-order valence-electron chi connectivity index (χ3n) is 1.58. The molecule has 0 bridgehead atoms. The van der Waals surface area contributed by atoms with Crippen molar-refractivity contribution in [2.45, 2.75) is 26.3 Å². The SMILES string of the molecule is CCC(=O)N(C)C(C)CCl. The van der Waals surface area contributed by atoms with Crippen molar-refractivity contribution >= 4 is 17.5 Å². The molecule has 60 valence electrons. The molecule has 0 aliphatic carbocycles. The van der Waals surface area contributed by atoms with E-state index in [0.717, 1.165) is 0 Å². The monoisotopic (exact) mass is 163 g/mol. The summed E-state index contributed by atoms with van der Waals surface area (Å²) < 4.78 is 0. The van der Waals surface area contributed by atoms with E-state index in [-0.39, 0.29) is 11.9 Å². The Morgan fingerprint density at radius 1 is 1.70 bits per heavy atom. The summed E-state index contributed by atoms with van der Waals surface area (Å²) in [6.07, 6.45) is 0.553. The highest BCUT2D eigenvalue weighted by Gasteiger charge is 2.11. The molecule has 10 heavy (non-hydrogen) atoms. The predicted octanol–water partition coefficient (Wildman–Crippen LogP) is 1.48. The summed E-state index contributed by atoms with van der Waals surface area (Å²) in [5.74, 6) is 0.649. The molecular formula is C7H14ClNO. The van der Waals surface area contributed by atoms with Gasteiger partial charge in [0, 0.05) is 25.4 Å². The van der Waals surface area contributed by atoms with Crippen LogP contribution >= 0.6 is 11.6 Å². The first-order valence-corrected chi connectivity index (χ1v) is 3.98. The van der Waals surface area contributed by atoms with E-state index in [1.807, 2.05) is 13.8 Å². The fraction of sp³-hybridized carbons (Fsp3) is 0.857. The van der Waals surface area contributed by atoms with Gasteiger partial charge >= 0.3 is 0 Å². The van der Waals surface area contributed by atoms with Crippen LogP contribution in [0.5, 0.6) is 0 Å². The van der Waals surface area contributed by atoms with Gasteiger partial charge in [-0.3, -0.25) is 4.79 Å². The molecule has 0 saturated carbocycles. The summed E-state index contributed by atoms with van der Waals surface area (Å²) in [6.45, 7) is 3.78. The van der Waals surface area contributed by atoms with Gasteiger partial charge in [0.1, 0.15) is 0 Å². The maximum absolute atomic E-state index is 11.0. The summed E-state index contributed by atoms with van der Waals surface area (Å²) >= 11 is 5.55. The Morgan fingerprint density at radius 2 is 2.20 bits per heavy atom. The first kappa shape index (κ1) is 9.76. The van der Waals surface area contributed by atoms with E-state index >= 15 is 0 Å². The first-order chi connectivity index (χ1) is 4.63. The minimum Gasteiger partial charge on any atom is -0.342 e. The fourth-order valence-electron chi connectivity index (χ4n) is 0.599. The molecule has 0 fully saturated rings. The van der Waals surface area contributed by atoms with Crippen LogP contribution in [0.1, 0.15) is 20.3 Å². The molecule has 1 amide bonds. The minimum atomic E-state index is 0.146. The van der Waals surface area contributed by atoms with Crippen molar-refractivity contribution in [3.8, 4) is 0 Å². The van der Waals surface area contributed by atoms with Crippen molar-refractivity contribution in [1.82, 2.24) is 4.90 Å². The van der Waals surface area contributed by atoms with Gasteiger partial charge in [0.25, 0.3) is 0 Å². The Labute approximate surface area is 67.2 Å². The molecule has 0 saturated heterocycles. The number of nitrogens with zero attached hydrogens (tertiary/aromatic N) is 1. The maximum atomic E-state index is 11.0. The topological polar surface area (TPSA) is 20.3 Å². The van der Waals surface area contributed by atoms with E-state index in [4.69, 9.17) is 11.6 Å². The molecular weight excluding hydrogens is 150 g/mol. The molecule has 0 heterocycles. The Balaban J connectivity index is 3.81. The number of rotatable bonds is 3. The maximum Gasteiger partial charge on any atom is 0.222 e. The summed E-state index contributed by atoms with van der Waals surface area (Å²) in [5.41, 5.74) is 0. The number of alkyl halides is 1. The fourth-order valence-corrected chi connectivity index (χ4v) is 0.806. The van der Waals surface area contributed by atoms with Gasteiger partial charge < -0.3 is 4.90 Å². The van der Waals surface area contributed by atoms with Crippen LogP contribution in [0.15, 0.2) is 0 Å². The van der Waals surface area contributed by atoms with E-state index < -0.39 is 0 Å². The van der Waals surface area contributed by atoms with Crippen molar-refractivity contribution in [1.29, 1.82) is 0 Å². The van der Waals surface area contributed by atoms with Crippen molar-refractivity contribution in [3.63, 3.8) is 0 Å². The van der Waals surface area contributed by atoms with Crippen molar-refractivity contribution < 1.29 is 4.79 Å². The molecule has 0 aliphatic heterocycles. The van der Waals surface area contributed by atoms with Crippen LogP contribution in [0.3, 0.4) is 0 Å². The highest BCUT2D eigenvalue weighted by atomic mass is 35.5. The second-order valence-electron chi connectivity index (χ2n) is 2.36. The molecule has 0 N–H and O–H groups in total. The number of amides is 1. The molecule has 0 aromatic rings. The van der Waals surface area contributed by atoms with Gasteiger partial charge in [-0.1, -0.05) is 6.92 Å². The Hall–Kier alpha value is -0.240. The van der Waals surface area contributed by atoms with E-state index in [0.29, 0.717) is 12.3 Å². The third-order valence-corrected chi connectivity index (χ3v) is 2.03. The lowest BCUT2D eigenvalue weighted by molar-refractivity contribution is -0.130. The number of hydrogen-bond donors (Lipinski definition) is 0. The van der Waals surface area contributed by atoms with Gasteiger partial charge in [-0.25, -0.2) is 0 Å².